The molecule has 1 N–H and O–H groups in total. The van der Waals surface area contributed by atoms with E-state index in [-0.39, 0.29) is 5.69 Å². The first kappa shape index (κ1) is 26.6. The number of carbonyl (C=O) groups is 1. The lowest BCUT2D eigenvalue weighted by atomic mass is 10.1. The maximum absolute atomic E-state index is 13.0. The number of alkyl halides is 3. The van der Waals surface area contributed by atoms with E-state index in [2.05, 4.69) is 32.2 Å². The minimum atomic E-state index is -4.57. The number of pyridine rings is 1. The fourth-order valence-corrected chi connectivity index (χ4v) is 3.98. The van der Waals surface area contributed by atoms with Crippen molar-refractivity contribution in [1.82, 2.24) is 24.3 Å². The van der Waals surface area contributed by atoms with E-state index in [1.54, 1.807) is 42.5 Å². The molecule has 0 aliphatic heterocycles. The van der Waals surface area contributed by atoms with E-state index in [1.165, 1.54) is 0 Å². The molecule has 11 heteroatoms. The number of imidazole rings is 1. The Hall–Kier alpha value is -4.95. The monoisotopic (exact) mass is 544 g/mol. The molecule has 0 aliphatic rings. The predicted octanol–water partition coefficient (Wildman–Crippen LogP) is 5.24. The number of fused-ring (bicyclic) bond motifs is 1. The number of methoxy groups -OCH3 is 1. The van der Waals surface area contributed by atoms with Gasteiger partial charge in [0.2, 0.25) is 0 Å². The van der Waals surface area contributed by atoms with Crippen LogP contribution in [0.3, 0.4) is 0 Å². The van der Waals surface area contributed by atoms with Crippen molar-refractivity contribution in [2.24, 2.45) is 0 Å². The zero-order valence-electron chi connectivity index (χ0n) is 21.5. The fraction of sp³-hybridized carbons (Fsp3) is 0.172. The summed E-state index contributed by atoms with van der Waals surface area (Å²) in [5.41, 5.74) is 3.94. The van der Waals surface area contributed by atoms with Gasteiger partial charge >= 0.3 is 6.18 Å². The number of hydrogen-bond donors (Lipinski definition) is 1. The summed E-state index contributed by atoms with van der Waals surface area (Å²) in [5, 5.41) is 6.95. The number of hydrogen-bond acceptors (Lipinski definition) is 5. The lowest BCUT2D eigenvalue weighted by Crippen LogP contribution is -2.15. The van der Waals surface area contributed by atoms with E-state index in [9.17, 15) is 18.0 Å². The Morgan fingerprint density at radius 2 is 1.93 bits per heavy atom. The number of nitrogens with one attached hydrogen (secondary N) is 1. The van der Waals surface area contributed by atoms with Gasteiger partial charge in [-0.25, -0.2) is 4.98 Å². The summed E-state index contributed by atoms with van der Waals surface area (Å²) < 4.78 is 47.8. The first-order valence-electron chi connectivity index (χ1n) is 12.2. The number of carbonyl (C=O) groups excluding carboxylic acids is 1. The van der Waals surface area contributed by atoms with Crippen LogP contribution in [0.5, 0.6) is 0 Å². The van der Waals surface area contributed by atoms with Crippen LogP contribution in [-0.2, 0) is 17.5 Å². The van der Waals surface area contributed by atoms with E-state index < -0.39 is 17.6 Å². The third-order valence-corrected chi connectivity index (χ3v) is 6.13. The summed E-state index contributed by atoms with van der Waals surface area (Å²) in [5.74, 6) is 5.49. The average Bonchev–Trinajstić information content (AvgIpc) is 3.58. The summed E-state index contributed by atoms with van der Waals surface area (Å²) >= 11 is 0. The maximum atomic E-state index is 13.0. The summed E-state index contributed by atoms with van der Waals surface area (Å²) in [6, 6.07) is 12.3. The highest BCUT2D eigenvalue weighted by molar-refractivity contribution is 6.03. The van der Waals surface area contributed by atoms with Gasteiger partial charge in [-0.2, -0.15) is 18.3 Å². The number of ether oxygens (including phenoxy) is 1. The number of aryl methyl sites for hydroxylation is 1. The predicted molar refractivity (Wildman–Crippen MR) is 143 cm³/mol. The van der Waals surface area contributed by atoms with Crippen LogP contribution in [0.4, 0.5) is 18.9 Å². The molecule has 40 heavy (non-hydrogen) atoms. The number of benzene rings is 2. The van der Waals surface area contributed by atoms with Crippen LogP contribution in [0.1, 0.15) is 32.7 Å². The van der Waals surface area contributed by atoms with Gasteiger partial charge in [0.15, 0.2) is 0 Å². The van der Waals surface area contributed by atoms with E-state index in [1.807, 2.05) is 35.9 Å². The van der Waals surface area contributed by atoms with Crippen LogP contribution in [0, 0.1) is 18.8 Å². The molecule has 2 aromatic carbocycles. The molecular weight excluding hydrogens is 521 g/mol. The quantitative estimate of drug-likeness (QED) is 0.296. The van der Waals surface area contributed by atoms with Gasteiger partial charge in [-0.15, -0.1) is 0 Å². The molecule has 202 valence electrons. The van der Waals surface area contributed by atoms with Crippen molar-refractivity contribution in [3.8, 4) is 17.5 Å². The highest BCUT2D eigenvalue weighted by atomic mass is 19.4. The smallest absolute Gasteiger partial charge is 0.383 e. The van der Waals surface area contributed by atoms with Crippen molar-refractivity contribution in [2.75, 3.05) is 19.0 Å². The minimum Gasteiger partial charge on any atom is -0.383 e. The Bertz CT molecular complexity index is 1760. The summed E-state index contributed by atoms with van der Waals surface area (Å²) in [7, 11) is 1.65. The van der Waals surface area contributed by atoms with Gasteiger partial charge in [-0.05, 0) is 55.0 Å². The van der Waals surface area contributed by atoms with E-state index in [0.29, 0.717) is 24.4 Å². The minimum absolute atomic E-state index is 0.335. The number of nitrogens with zero attached hydrogens (tertiary/aromatic N) is 5. The number of anilines is 1. The SMILES string of the molecule is COCCn1cc(-n2cnc3cc(C#Cc4cc(NC(=O)c5cc(C(F)(F)F)ccn5)ccc4C)ccc32)cn1. The van der Waals surface area contributed by atoms with Gasteiger partial charge in [-0.1, -0.05) is 17.9 Å². The topological polar surface area (TPSA) is 86.9 Å². The van der Waals surface area contributed by atoms with Crippen LogP contribution in [-0.4, -0.2) is 43.9 Å². The third-order valence-electron chi connectivity index (χ3n) is 6.13. The van der Waals surface area contributed by atoms with E-state index >= 15 is 0 Å². The Balaban J connectivity index is 1.34. The zero-order valence-corrected chi connectivity index (χ0v) is 21.5. The normalized spacial score (nSPS) is 11.3. The van der Waals surface area contributed by atoms with E-state index in [4.69, 9.17) is 4.74 Å². The second-order valence-electron chi connectivity index (χ2n) is 8.93. The van der Waals surface area contributed by atoms with Gasteiger partial charge in [0, 0.05) is 36.3 Å². The Morgan fingerprint density at radius 1 is 1.07 bits per heavy atom. The van der Waals surface area contributed by atoms with Crippen molar-refractivity contribution < 1.29 is 22.7 Å². The summed E-state index contributed by atoms with van der Waals surface area (Å²) in [4.78, 5) is 20.8. The largest absolute Gasteiger partial charge is 0.416 e. The molecule has 5 rings (SSSR count). The van der Waals surface area contributed by atoms with Crippen molar-refractivity contribution >= 4 is 22.6 Å². The zero-order chi connectivity index (χ0) is 28.3. The molecule has 0 fully saturated rings. The van der Waals surface area contributed by atoms with Gasteiger partial charge in [0.1, 0.15) is 12.0 Å². The Labute approximate surface area is 227 Å². The Kier molecular flexibility index (Phi) is 7.35. The summed E-state index contributed by atoms with van der Waals surface area (Å²) in [6.07, 6.45) is 1.81. The molecule has 0 atom stereocenters. The molecule has 0 radical (unpaired) electrons. The number of rotatable bonds is 6. The third kappa shape index (κ3) is 5.87. The van der Waals surface area contributed by atoms with Crippen LogP contribution < -0.4 is 5.32 Å². The molecule has 1 amide bonds. The highest BCUT2D eigenvalue weighted by Crippen LogP contribution is 2.29. The first-order valence-corrected chi connectivity index (χ1v) is 12.2. The van der Waals surface area contributed by atoms with Crippen LogP contribution in [0.15, 0.2) is 73.4 Å². The molecule has 0 saturated carbocycles. The van der Waals surface area contributed by atoms with Crippen LogP contribution >= 0.6 is 0 Å². The van der Waals surface area contributed by atoms with Crippen molar-refractivity contribution in [3.05, 3.63) is 101 Å². The molecule has 0 bridgehead atoms. The fourth-order valence-electron chi connectivity index (χ4n) is 3.98. The molecule has 0 spiro atoms. The highest BCUT2D eigenvalue weighted by Gasteiger charge is 2.31. The van der Waals surface area contributed by atoms with Crippen LogP contribution in [0.2, 0.25) is 0 Å². The van der Waals surface area contributed by atoms with Gasteiger partial charge in [-0.3, -0.25) is 19.0 Å². The maximum Gasteiger partial charge on any atom is 0.416 e. The standard InChI is InChI=1S/C29H23F3N6O2/c1-19-3-7-23(36-28(39)26-15-22(9-10-33-26)29(30,31)32)14-21(19)6-4-20-5-8-27-25(13-20)34-18-38(27)24-16-35-37(17-24)11-12-40-2/h3,5,7-10,13-18H,11-12H2,1-2H3,(H,36,39). The molecule has 0 aliphatic carbocycles. The van der Waals surface area contributed by atoms with Crippen molar-refractivity contribution in [3.63, 3.8) is 0 Å². The van der Waals surface area contributed by atoms with Crippen molar-refractivity contribution in [2.45, 2.75) is 19.6 Å². The van der Waals surface area contributed by atoms with Crippen LogP contribution in [0.25, 0.3) is 16.7 Å². The van der Waals surface area contributed by atoms with E-state index in [0.717, 1.165) is 46.2 Å². The lowest BCUT2D eigenvalue weighted by Gasteiger charge is -2.09. The molecule has 3 aromatic heterocycles. The lowest BCUT2D eigenvalue weighted by molar-refractivity contribution is -0.137. The first-order chi connectivity index (χ1) is 19.2. The summed E-state index contributed by atoms with van der Waals surface area (Å²) in [6.45, 7) is 3.09. The molecule has 8 nitrogen and oxygen atoms in total. The van der Waals surface area contributed by atoms with Gasteiger partial charge in [0.25, 0.3) is 5.91 Å². The molecule has 0 unspecified atom stereocenters. The number of aromatic nitrogens is 5. The second-order valence-corrected chi connectivity index (χ2v) is 8.93. The van der Waals surface area contributed by atoms with Gasteiger partial charge in [0.05, 0.1) is 41.6 Å². The average molecular weight is 545 g/mol. The number of halogens is 3. The van der Waals surface area contributed by atoms with Crippen molar-refractivity contribution in [1.29, 1.82) is 0 Å². The molecular formula is C29H23F3N6O2. The molecule has 0 saturated heterocycles. The molecule has 3 heterocycles. The van der Waals surface area contributed by atoms with Gasteiger partial charge < -0.3 is 10.1 Å². The Morgan fingerprint density at radius 3 is 2.73 bits per heavy atom. The second kappa shape index (κ2) is 11.0. The molecule has 5 aromatic rings. The number of amides is 1.